The molecule has 8 nitrogen and oxygen atoms in total. The van der Waals surface area contributed by atoms with Crippen LogP contribution >= 0.6 is 11.6 Å². The maximum absolute atomic E-state index is 12.8. The van der Waals surface area contributed by atoms with E-state index < -0.39 is 10.0 Å². The third-order valence-electron chi connectivity index (χ3n) is 3.80. The van der Waals surface area contributed by atoms with Crippen molar-refractivity contribution in [3.63, 3.8) is 0 Å². The second-order valence-electron chi connectivity index (χ2n) is 5.36. The van der Waals surface area contributed by atoms with Crippen LogP contribution in [0.25, 0.3) is 0 Å². The largest absolute Gasteiger partial charge is 0.379 e. The van der Waals surface area contributed by atoms with E-state index in [-0.39, 0.29) is 9.92 Å². The number of hydrogen-bond acceptors (Lipinski definition) is 6. The number of aromatic nitrogens is 3. The molecule has 10 heteroatoms. The molecule has 0 spiro atoms. The molecule has 24 heavy (non-hydrogen) atoms. The number of benzene rings is 1. The highest BCUT2D eigenvalue weighted by Gasteiger charge is 2.28. The van der Waals surface area contributed by atoms with Gasteiger partial charge in [-0.1, -0.05) is 16.8 Å². The normalized spacial score (nSPS) is 16.2. The number of anilines is 1. The quantitative estimate of drug-likeness (QED) is 0.846. The Morgan fingerprint density at radius 2 is 2.08 bits per heavy atom. The molecule has 3 rings (SSSR count). The third kappa shape index (κ3) is 3.54. The minimum Gasteiger partial charge on any atom is -0.379 e. The van der Waals surface area contributed by atoms with Gasteiger partial charge in [0, 0.05) is 25.8 Å². The number of nitrogens with one attached hydrogen (secondary N) is 1. The molecule has 1 fully saturated rings. The van der Waals surface area contributed by atoms with Crippen LogP contribution in [-0.4, -0.2) is 54.0 Å². The van der Waals surface area contributed by atoms with E-state index in [2.05, 4.69) is 15.6 Å². The lowest BCUT2D eigenvalue weighted by Gasteiger charge is -2.26. The Hall–Kier alpha value is -1.68. The molecule has 1 aromatic carbocycles. The number of nitrogens with zero attached hydrogens (tertiary/aromatic N) is 4. The van der Waals surface area contributed by atoms with Crippen LogP contribution in [0.15, 0.2) is 29.3 Å². The number of aryl methyl sites for hydroxylation is 1. The van der Waals surface area contributed by atoms with Gasteiger partial charge in [-0.15, -0.1) is 5.10 Å². The molecule has 1 saturated heterocycles. The van der Waals surface area contributed by atoms with Gasteiger partial charge < -0.3 is 10.1 Å². The fourth-order valence-corrected chi connectivity index (χ4v) is 4.31. The van der Waals surface area contributed by atoms with Gasteiger partial charge in [-0.05, 0) is 18.2 Å². The molecule has 0 radical (unpaired) electrons. The standard InChI is InChI=1S/C14H18ClN5O3S/c1-19-12(10-17-18-19)9-16-11-2-3-13(15)14(8-11)24(21,22)20-4-6-23-7-5-20/h2-3,8,10,16H,4-7,9H2,1H3. The van der Waals surface area contributed by atoms with Crippen LogP contribution in [0.4, 0.5) is 5.69 Å². The molecular formula is C14H18ClN5O3S. The molecule has 130 valence electrons. The van der Waals surface area contributed by atoms with Gasteiger partial charge in [0.05, 0.1) is 36.7 Å². The van der Waals surface area contributed by atoms with Crippen molar-refractivity contribution in [3.8, 4) is 0 Å². The van der Waals surface area contributed by atoms with Crippen LogP contribution in [0, 0.1) is 0 Å². The molecule has 0 amide bonds. The van der Waals surface area contributed by atoms with E-state index in [0.29, 0.717) is 38.5 Å². The van der Waals surface area contributed by atoms with E-state index in [1.54, 1.807) is 36.1 Å². The Morgan fingerprint density at radius 3 is 2.75 bits per heavy atom. The van der Waals surface area contributed by atoms with Crippen molar-refractivity contribution in [2.24, 2.45) is 7.05 Å². The molecule has 1 aliphatic rings. The molecule has 0 saturated carbocycles. The lowest BCUT2D eigenvalue weighted by molar-refractivity contribution is 0.0730. The molecule has 1 aliphatic heterocycles. The van der Waals surface area contributed by atoms with E-state index in [1.807, 2.05) is 0 Å². The summed E-state index contributed by atoms with van der Waals surface area (Å²) in [5, 5.41) is 11.0. The summed E-state index contributed by atoms with van der Waals surface area (Å²) in [4.78, 5) is 0.0965. The minimum absolute atomic E-state index is 0.0965. The predicted molar refractivity (Wildman–Crippen MR) is 89.4 cm³/mol. The Balaban J connectivity index is 1.82. The Labute approximate surface area is 145 Å². The lowest BCUT2D eigenvalue weighted by atomic mass is 10.3. The van der Waals surface area contributed by atoms with Crippen LogP contribution < -0.4 is 5.32 Å². The topological polar surface area (TPSA) is 89.3 Å². The summed E-state index contributed by atoms with van der Waals surface area (Å²) in [6.45, 7) is 1.92. The lowest BCUT2D eigenvalue weighted by Crippen LogP contribution is -2.40. The highest BCUT2D eigenvalue weighted by atomic mass is 35.5. The molecule has 2 aromatic rings. The van der Waals surface area contributed by atoms with Crippen molar-refractivity contribution in [2.45, 2.75) is 11.4 Å². The van der Waals surface area contributed by atoms with E-state index in [1.165, 1.54) is 4.31 Å². The Bertz CT molecular complexity index is 818. The van der Waals surface area contributed by atoms with Crippen LogP contribution in [0.3, 0.4) is 0 Å². The highest BCUT2D eigenvalue weighted by Crippen LogP contribution is 2.28. The van der Waals surface area contributed by atoms with E-state index in [9.17, 15) is 8.42 Å². The van der Waals surface area contributed by atoms with Crippen molar-refractivity contribution in [1.82, 2.24) is 19.3 Å². The van der Waals surface area contributed by atoms with Crippen molar-refractivity contribution < 1.29 is 13.2 Å². The second-order valence-corrected chi connectivity index (χ2v) is 7.68. The molecule has 0 bridgehead atoms. The number of sulfonamides is 1. The summed E-state index contributed by atoms with van der Waals surface area (Å²) < 4.78 is 33.8. The fourth-order valence-electron chi connectivity index (χ4n) is 2.40. The first-order valence-corrected chi connectivity index (χ1v) is 9.25. The van der Waals surface area contributed by atoms with Crippen molar-refractivity contribution >= 4 is 27.3 Å². The van der Waals surface area contributed by atoms with Crippen molar-refractivity contribution in [1.29, 1.82) is 0 Å². The molecule has 0 atom stereocenters. The van der Waals surface area contributed by atoms with Gasteiger partial charge in [-0.25, -0.2) is 8.42 Å². The second kappa shape index (κ2) is 7.06. The number of ether oxygens (including phenoxy) is 1. The van der Waals surface area contributed by atoms with Crippen LogP contribution in [0.1, 0.15) is 5.69 Å². The van der Waals surface area contributed by atoms with Gasteiger partial charge in [-0.2, -0.15) is 4.31 Å². The Morgan fingerprint density at radius 1 is 1.33 bits per heavy atom. The highest BCUT2D eigenvalue weighted by molar-refractivity contribution is 7.89. The average Bonchev–Trinajstić information content (AvgIpc) is 3.00. The minimum atomic E-state index is -3.64. The van der Waals surface area contributed by atoms with Gasteiger partial charge in [0.1, 0.15) is 4.90 Å². The first kappa shape index (κ1) is 17.2. The number of rotatable bonds is 5. The number of halogens is 1. The van der Waals surface area contributed by atoms with Crippen molar-refractivity contribution in [2.75, 3.05) is 31.6 Å². The molecule has 2 heterocycles. The van der Waals surface area contributed by atoms with E-state index >= 15 is 0 Å². The fraction of sp³-hybridized carbons (Fsp3) is 0.429. The molecular weight excluding hydrogens is 354 g/mol. The summed E-state index contributed by atoms with van der Waals surface area (Å²) in [5.74, 6) is 0. The molecule has 0 aliphatic carbocycles. The van der Waals surface area contributed by atoms with Crippen LogP contribution in [0.2, 0.25) is 5.02 Å². The zero-order valence-corrected chi connectivity index (χ0v) is 14.7. The molecule has 1 aromatic heterocycles. The van der Waals surface area contributed by atoms with E-state index in [4.69, 9.17) is 16.3 Å². The van der Waals surface area contributed by atoms with Gasteiger partial charge in [0.2, 0.25) is 10.0 Å². The third-order valence-corrected chi connectivity index (χ3v) is 6.18. The summed E-state index contributed by atoms with van der Waals surface area (Å²) in [7, 11) is -1.85. The zero-order valence-electron chi connectivity index (χ0n) is 13.1. The Kier molecular flexibility index (Phi) is 5.04. The van der Waals surface area contributed by atoms with Gasteiger partial charge in [0.15, 0.2) is 0 Å². The zero-order chi connectivity index (χ0) is 17.2. The average molecular weight is 372 g/mol. The summed E-state index contributed by atoms with van der Waals surface area (Å²) >= 11 is 6.14. The van der Waals surface area contributed by atoms with Crippen LogP contribution in [-0.2, 0) is 28.4 Å². The van der Waals surface area contributed by atoms with Gasteiger partial charge in [0.25, 0.3) is 0 Å². The molecule has 1 N–H and O–H groups in total. The number of hydrogen-bond donors (Lipinski definition) is 1. The maximum atomic E-state index is 12.8. The monoisotopic (exact) mass is 371 g/mol. The van der Waals surface area contributed by atoms with Crippen LogP contribution in [0.5, 0.6) is 0 Å². The predicted octanol–water partition coefficient (Wildman–Crippen LogP) is 1.10. The SMILES string of the molecule is Cn1nncc1CNc1ccc(Cl)c(S(=O)(=O)N2CCOCC2)c1. The maximum Gasteiger partial charge on any atom is 0.244 e. The summed E-state index contributed by atoms with van der Waals surface area (Å²) in [5.41, 5.74) is 1.54. The first-order valence-electron chi connectivity index (χ1n) is 7.43. The van der Waals surface area contributed by atoms with Gasteiger partial charge >= 0.3 is 0 Å². The van der Waals surface area contributed by atoms with Crippen molar-refractivity contribution in [3.05, 3.63) is 35.1 Å². The summed E-state index contributed by atoms with van der Waals surface area (Å²) in [6, 6.07) is 4.88. The first-order chi connectivity index (χ1) is 11.5. The molecule has 0 unspecified atom stereocenters. The number of morpholine rings is 1. The smallest absolute Gasteiger partial charge is 0.244 e. The van der Waals surface area contributed by atoms with E-state index in [0.717, 1.165) is 5.69 Å². The summed E-state index contributed by atoms with van der Waals surface area (Å²) in [6.07, 6.45) is 1.65. The van der Waals surface area contributed by atoms with Gasteiger partial charge in [-0.3, -0.25) is 4.68 Å².